The Kier molecular flexibility index (Phi) is 5.68. The summed E-state index contributed by atoms with van der Waals surface area (Å²) < 4.78 is 11.1. The van der Waals surface area contributed by atoms with Crippen molar-refractivity contribution in [2.45, 2.75) is 33.4 Å². The molecule has 1 atom stereocenters. The fraction of sp³-hybridized carbons (Fsp3) is 0.625. The molecule has 4 nitrogen and oxygen atoms in total. The first-order valence-corrected chi connectivity index (χ1v) is 7.48. The minimum Gasteiger partial charge on any atom is -0.486 e. The summed E-state index contributed by atoms with van der Waals surface area (Å²) in [6, 6.07) is 6.60. The Morgan fingerprint density at radius 3 is 2.55 bits per heavy atom. The van der Waals surface area contributed by atoms with Crippen LogP contribution in [0.1, 0.15) is 26.3 Å². The van der Waals surface area contributed by atoms with Crippen molar-refractivity contribution in [1.82, 2.24) is 10.6 Å². The third kappa shape index (κ3) is 4.69. The Morgan fingerprint density at radius 1 is 1.05 bits per heavy atom. The Bertz CT molecular complexity index is 421. The summed E-state index contributed by atoms with van der Waals surface area (Å²) in [4.78, 5) is 0. The van der Waals surface area contributed by atoms with Gasteiger partial charge in [-0.3, -0.25) is 0 Å². The molecule has 2 N–H and O–H groups in total. The Balaban J connectivity index is 1.76. The van der Waals surface area contributed by atoms with Crippen molar-refractivity contribution in [2.24, 2.45) is 5.92 Å². The number of benzene rings is 1. The van der Waals surface area contributed by atoms with Gasteiger partial charge in [-0.15, -0.1) is 0 Å². The van der Waals surface area contributed by atoms with Crippen LogP contribution < -0.4 is 20.1 Å². The molecule has 1 aromatic carbocycles. The molecule has 0 saturated heterocycles. The molecule has 4 heteroatoms. The van der Waals surface area contributed by atoms with Crippen LogP contribution in [0.4, 0.5) is 0 Å². The summed E-state index contributed by atoms with van der Waals surface area (Å²) in [6.07, 6.45) is 0. The fourth-order valence-corrected chi connectivity index (χ4v) is 2.15. The normalized spacial score (nSPS) is 15.4. The molecule has 0 radical (unpaired) electrons. The molecule has 0 saturated carbocycles. The smallest absolute Gasteiger partial charge is 0.161 e. The SMILES string of the molecule is CC(C)CNCC(C)NCc1ccc2c(c1)OCCO2. The number of hydrogen-bond acceptors (Lipinski definition) is 4. The molecule has 1 aliphatic heterocycles. The van der Waals surface area contributed by atoms with Crippen LogP contribution in [0.5, 0.6) is 11.5 Å². The Labute approximate surface area is 121 Å². The highest BCUT2D eigenvalue weighted by atomic mass is 16.6. The van der Waals surface area contributed by atoms with E-state index in [2.05, 4.69) is 43.5 Å². The molecule has 1 unspecified atom stereocenters. The number of nitrogens with one attached hydrogen (secondary N) is 2. The van der Waals surface area contributed by atoms with E-state index in [1.807, 2.05) is 6.07 Å². The van der Waals surface area contributed by atoms with Crippen molar-refractivity contribution in [3.63, 3.8) is 0 Å². The lowest BCUT2D eigenvalue weighted by Crippen LogP contribution is -2.37. The highest BCUT2D eigenvalue weighted by molar-refractivity contribution is 5.43. The molecule has 20 heavy (non-hydrogen) atoms. The van der Waals surface area contributed by atoms with E-state index in [-0.39, 0.29) is 0 Å². The summed E-state index contributed by atoms with van der Waals surface area (Å²) in [6.45, 7) is 10.8. The van der Waals surface area contributed by atoms with Crippen LogP contribution in [-0.4, -0.2) is 32.3 Å². The van der Waals surface area contributed by atoms with Gasteiger partial charge in [-0.25, -0.2) is 0 Å². The minimum absolute atomic E-state index is 0.446. The van der Waals surface area contributed by atoms with E-state index in [1.165, 1.54) is 5.56 Å². The fourth-order valence-electron chi connectivity index (χ4n) is 2.15. The van der Waals surface area contributed by atoms with E-state index in [9.17, 15) is 0 Å². The van der Waals surface area contributed by atoms with E-state index in [4.69, 9.17) is 9.47 Å². The van der Waals surface area contributed by atoms with Crippen LogP contribution in [0.25, 0.3) is 0 Å². The summed E-state index contributed by atoms with van der Waals surface area (Å²) in [5, 5.41) is 6.98. The van der Waals surface area contributed by atoms with Gasteiger partial charge in [0, 0.05) is 19.1 Å². The first-order valence-electron chi connectivity index (χ1n) is 7.48. The molecular weight excluding hydrogens is 252 g/mol. The Hall–Kier alpha value is -1.26. The van der Waals surface area contributed by atoms with Crippen LogP contribution in [0.2, 0.25) is 0 Å². The lowest BCUT2D eigenvalue weighted by Gasteiger charge is -2.20. The van der Waals surface area contributed by atoms with Gasteiger partial charge in [-0.2, -0.15) is 0 Å². The average Bonchev–Trinajstić information content (AvgIpc) is 2.44. The van der Waals surface area contributed by atoms with Crippen LogP contribution in [0, 0.1) is 5.92 Å². The molecule has 0 aliphatic carbocycles. The summed E-state index contributed by atoms with van der Waals surface area (Å²) in [5.41, 5.74) is 1.23. The van der Waals surface area contributed by atoms with E-state index in [0.717, 1.165) is 31.1 Å². The van der Waals surface area contributed by atoms with Gasteiger partial charge in [0.25, 0.3) is 0 Å². The van der Waals surface area contributed by atoms with E-state index in [1.54, 1.807) is 0 Å². The zero-order chi connectivity index (χ0) is 14.4. The highest BCUT2D eigenvalue weighted by Crippen LogP contribution is 2.30. The van der Waals surface area contributed by atoms with Crippen LogP contribution in [-0.2, 0) is 6.54 Å². The van der Waals surface area contributed by atoms with Gasteiger partial charge in [0.1, 0.15) is 13.2 Å². The Morgan fingerprint density at radius 2 is 1.80 bits per heavy atom. The molecule has 1 aliphatic rings. The predicted octanol–water partition coefficient (Wildman–Crippen LogP) is 2.18. The van der Waals surface area contributed by atoms with Gasteiger partial charge < -0.3 is 20.1 Å². The van der Waals surface area contributed by atoms with Gasteiger partial charge in [0.15, 0.2) is 11.5 Å². The van der Waals surface area contributed by atoms with Crippen molar-refractivity contribution < 1.29 is 9.47 Å². The van der Waals surface area contributed by atoms with Crippen molar-refractivity contribution in [2.75, 3.05) is 26.3 Å². The number of fused-ring (bicyclic) bond motifs is 1. The highest BCUT2D eigenvalue weighted by Gasteiger charge is 2.11. The minimum atomic E-state index is 0.446. The number of rotatable bonds is 7. The van der Waals surface area contributed by atoms with Crippen molar-refractivity contribution in [3.05, 3.63) is 23.8 Å². The second-order valence-electron chi connectivity index (χ2n) is 5.81. The average molecular weight is 278 g/mol. The molecule has 0 bridgehead atoms. The molecule has 2 rings (SSSR count). The predicted molar refractivity (Wildman–Crippen MR) is 81.4 cm³/mol. The number of ether oxygens (including phenoxy) is 2. The zero-order valence-corrected chi connectivity index (χ0v) is 12.7. The number of hydrogen-bond donors (Lipinski definition) is 2. The lowest BCUT2D eigenvalue weighted by atomic mass is 10.1. The van der Waals surface area contributed by atoms with Crippen LogP contribution in [0.15, 0.2) is 18.2 Å². The van der Waals surface area contributed by atoms with Crippen molar-refractivity contribution in [3.8, 4) is 11.5 Å². The van der Waals surface area contributed by atoms with Gasteiger partial charge in [-0.05, 0) is 37.1 Å². The van der Waals surface area contributed by atoms with Crippen molar-refractivity contribution in [1.29, 1.82) is 0 Å². The molecule has 112 valence electrons. The second kappa shape index (κ2) is 7.50. The van der Waals surface area contributed by atoms with Gasteiger partial charge in [0.05, 0.1) is 0 Å². The second-order valence-corrected chi connectivity index (χ2v) is 5.81. The van der Waals surface area contributed by atoms with Gasteiger partial charge in [-0.1, -0.05) is 19.9 Å². The zero-order valence-electron chi connectivity index (χ0n) is 12.7. The van der Waals surface area contributed by atoms with Gasteiger partial charge >= 0.3 is 0 Å². The third-order valence-electron chi connectivity index (χ3n) is 3.26. The van der Waals surface area contributed by atoms with E-state index in [0.29, 0.717) is 25.2 Å². The topological polar surface area (TPSA) is 42.5 Å². The maximum atomic E-state index is 5.60. The molecule has 1 aromatic rings. The van der Waals surface area contributed by atoms with E-state index < -0.39 is 0 Å². The lowest BCUT2D eigenvalue weighted by molar-refractivity contribution is 0.171. The monoisotopic (exact) mass is 278 g/mol. The molecule has 1 heterocycles. The maximum absolute atomic E-state index is 5.60. The van der Waals surface area contributed by atoms with Crippen molar-refractivity contribution >= 4 is 0 Å². The largest absolute Gasteiger partial charge is 0.486 e. The molecular formula is C16H26N2O2. The molecule has 0 fully saturated rings. The summed E-state index contributed by atoms with van der Waals surface area (Å²) >= 11 is 0. The first-order chi connectivity index (χ1) is 9.65. The third-order valence-corrected chi connectivity index (χ3v) is 3.26. The molecule has 0 aromatic heterocycles. The molecule has 0 amide bonds. The summed E-state index contributed by atoms with van der Waals surface area (Å²) in [7, 11) is 0. The maximum Gasteiger partial charge on any atom is 0.161 e. The first kappa shape index (κ1) is 15.1. The molecule has 0 spiro atoms. The van der Waals surface area contributed by atoms with Crippen LogP contribution >= 0.6 is 0 Å². The summed E-state index contributed by atoms with van der Waals surface area (Å²) in [5.74, 6) is 2.41. The quantitative estimate of drug-likeness (QED) is 0.802. The van der Waals surface area contributed by atoms with Crippen LogP contribution in [0.3, 0.4) is 0 Å². The van der Waals surface area contributed by atoms with E-state index >= 15 is 0 Å². The standard InChI is InChI=1S/C16H26N2O2/c1-12(2)9-17-10-13(3)18-11-14-4-5-15-16(8-14)20-7-6-19-15/h4-5,8,12-13,17-18H,6-7,9-11H2,1-3H3. The van der Waals surface area contributed by atoms with Gasteiger partial charge in [0.2, 0.25) is 0 Å².